The number of carbonyl (C=O) groups excluding carboxylic acids is 2. The number of alkyl carbamates (subject to hydrolysis) is 1. The van der Waals surface area contributed by atoms with E-state index in [4.69, 9.17) is 4.74 Å². The van der Waals surface area contributed by atoms with Gasteiger partial charge in [0, 0.05) is 12.0 Å². The number of carbonyl (C=O) groups is 3. The molecule has 2 amide bonds. The highest BCUT2D eigenvalue weighted by molar-refractivity contribution is 5.86. The van der Waals surface area contributed by atoms with Crippen LogP contribution in [0.3, 0.4) is 0 Å². The SMILES string of the molecule is CCCC(NC(=O)OCC1c2ccccc2-c2ccccc21)C(=O)NC1CC2CC(C(=O)O)CC21. The average molecular weight is 477 g/mol. The van der Waals surface area contributed by atoms with Crippen LogP contribution in [0.5, 0.6) is 0 Å². The van der Waals surface area contributed by atoms with Crippen molar-refractivity contribution in [3.63, 3.8) is 0 Å². The molecule has 0 radical (unpaired) electrons. The summed E-state index contributed by atoms with van der Waals surface area (Å²) in [7, 11) is 0. The first-order chi connectivity index (χ1) is 17.0. The molecular formula is C28H32N2O5. The Labute approximate surface area is 205 Å². The number of carboxylic acid groups (broad SMARTS) is 1. The number of aliphatic carboxylic acids is 1. The molecule has 0 saturated heterocycles. The van der Waals surface area contributed by atoms with Gasteiger partial charge < -0.3 is 20.5 Å². The first-order valence-corrected chi connectivity index (χ1v) is 12.6. The molecule has 5 rings (SSSR count). The number of hydrogen-bond donors (Lipinski definition) is 3. The van der Waals surface area contributed by atoms with Gasteiger partial charge in [0.1, 0.15) is 12.6 Å². The van der Waals surface area contributed by atoms with Gasteiger partial charge in [-0.05, 0) is 59.8 Å². The van der Waals surface area contributed by atoms with E-state index in [1.54, 1.807) is 0 Å². The highest BCUT2D eigenvalue weighted by atomic mass is 16.5. The van der Waals surface area contributed by atoms with Crippen molar-refractivity contribution < 1.29 is 24.2 Å². The molecule has 7 nitrogen and oxygen atoms in total. The van der Waals surface area contributed by atoms with Crippen molar-refractivity contribution >= 4 is 18.0 Å². The lowest BCUT2D eigenvalue weighted by Gasteiger charge is -2.41. The van der Waals surface area contributed by atoms with E-state index >= 15 is 0 Å². The number of hydrogen-bond acceptors (Lipinski definition) is 4. The maximum Gasteiger partial charge on any atom is 0.407 e. The van der Waals surface area contributed by atoms with Crippen molar-refractivity contribution in [3.8, 4) is 11.1 Å². The number of carboxylic acids is 1. The molecule has 5 unspecified atom stereocenters. The highest BCUT2D eigenvalue weighted by Crippen LogP contribution is 2.50. The molecule has 0 spiro atoms. The number of fused-ring (bicyclic) bond motifs is 4. The van der Waals surface area contributed by atoms with Gasteiger partial charge in [0.05, 0.1) is 5.92 Å². The Bertz CT molecular complexity index is 1090. The standard InChI is InChI=1S/C28H32N2O5/c1-2-7-24(26(31)29-25-14-16-12-17(27(32)33)13-22(16)25)30-28(34)35-15-23-20-10-5-3-8-18(20)19-9-4-6-11-21(19)23/h3-6,8-11,16-17,22-25H,2,7,12-15H2,1H3,(H,29,31)(H,30,34)(H,32,33). The van der Waals surface area contributed by atoms with Gasteiger partial charge in [-0.3, -0.25) is 9.59 Å². The molecule has 3 N–H and O–H groups in total. The highest BCUT2D eigenvalue weighted by Gasteiger charge is 2.50. The predicted molar refractivity (Wildman–Crippen MR) is 131 cm³/mol. The molecule has 2 aromatic rings. The Morgan fingerprint density at radius 1 is 1.00 bits per heavy atom. The van der Waals surface area contributed by atoms with Crippen LogP contribution >= 0.6 is 0 Å². The summed E-state index contributed by atoms with van der Waals surface area (Å²) >= 11 is 0. The maximum absolute atomic E-state index is 13.0. The third kappa shape index (κ3) is 4.51. The Balaban J connectivity index is 1.17. The van der Waals surface area contributed by atoms with E-state index in [0.717, 1.165) is 35.1 Å². The van der Waals surface area contributed by atoms with Crippen LogP contribution in [-0.4, -0.2) is 41.8 Å². The second-order valence-corrected chi connectivity index (χ2v) is 10.1. The third-order valence-electron chi connectivity index (χ3n) is 8.03. The fraction of sp³-hybridized carbons (Fsp3) is 0.464. The van der Waals surface area contributed by atoms with Crippen LogP contribution in [0.1, 0.15) is 56.1 Å². The molecule has 0 heterocycles. The quantitative estimate of drug-likeness (QED) is 0.527. The van der Waals surface area contributed by atoms with Crippen molar-refractivity contribution in [1.29, 1.82) is 0 Å². The number of benzene rings is 2. The fourth-order valence-electron chi connectivity index (χ4n) is 6.22. The molecule has 184 valence electrons. The normalized spacial score (nSPS) is 24.9. The number of nitrogens with one attached hydrogen (secondary N) is 2. The largest absolute Gasteiger partial charge is 0.481 e. The third-order valence-corrected chi connectivity index (χ3v) is 8.03. The zero-order valence-electron chi connectivity index (χ0n) is 19.9. The first kappa shape index (κ1) is 23.4. The van der Waals surface area contributed by atoms with E-state index in [2.05, 4.69) is 34.9 Å². The van der Waals surface area contributed by atoms with Crippen LogP contribution in [0.15, 0.2) is 48.5 Å². The van der Waals surface area contributed by atoms with Gasteiger partial charge in [0.25, 0.3) is 0 Å². The lowest BCUT2D eigenvalue weighted by atomic mass is 9.71. The van der Waals surface area contributed by atoms with Crippen LogP contribution in [0, 0.1) is 17.8 Å². The second kappa shape index (κ2) is 9.72. The van der Waals surface area contributed by atoms with Gasteiger partial charge in [-0.2, -0.15) is 0 Å². The van der Waals surface area contributed by atoms with Crippen molar-refractivity contribution in [3.05, 3.63) is 59.7 Å². The van der Waals surface area contributed by atoms with Gasteiger partial charge in [0.2, 0.25) is 5.91 Å². The van der Waals surface area contributed by atoms with Crippen molar-refractivity contribution in [2.45, 2.75) is 57.0 Å². The summed E-state index contributed by atoms with van der Waals surface area (Å²) in [5, 5.41) is 15.1. The summed E-state index contributed by atoms with van der Waals surface area (Å²) in [5.74, 6) is -0.717. The number of ether oxygens (including phenoxy) is 1. The molecule has 2 aromatic carbocycles. The number of rotatable bonds is 8. The van der Waals surface area contributed by atoms with Crippen LogP contribution < -0.4 is 10.6 Å². The lowest BCUT2D eigenvalue weighted by Crippen LogP contribution is -2.56. The Hall–Kier alpha value is -3.35. The van der Waals surface area contributed by atoms with Crippen molar-refractivity contribution in [2.75, 3.05) is 6.61 Å². The van der Waals surface area contributed by atoms with Gasteiger partial charge in [-0.15, -0.1) is 0 Å². The fourth-order valence-corrected chi connectivity index (χ4v) is 6.22. The van der Waals surface area contributed by atoms with Crippen LogP contribution in [0.4, 0.5) is 4.79 Å². The molecule has 3 aliphatic carbocycles. The van der Waals surface area contributed by atoms with Crippen molar-refractivity contribution in [1.82, 2.24) is 10.6 Å². The molecule has 0 bridgehead atoms. The molecule has 0 aromatic heterocycles. The molecule has 0 aliphatic heterocycles. The lowest BCUT2D eigenvalue weighted by molar-refractivity contribution is -0.141. The second-order valence-electron chi connectivity index (χ2n) is 10.1. The topological polar surface area (TPSA) is 105 Å². The molecule has 2 fully saturated rings. The Morgan fingerprint density at radius 3 is 2.29 bits per heavy atom. The van der Waals surface area contributed by atoms with E-state index in [1.807, 2.05) is 31.2 Å². The van der Waals surface area contributed by atoms with Crippen LogP contribution in [-0.2, 0) is 14.3 Å². The van der Waals surface area contributed by atoms with Crippen molar-refractivity contribution in [2.24, 2.45) is 17.8 Å². The summed E-state index contributed by atoms with van der Waals surface area (Å²) in [6.45, 7) is 2.16. The molecular weight excluding hydrogens is 444 g/mol. The predicted octanol–water partition coefficient (Wildman–Crippen LogP) is 4.31. The average Bonchev–Trinajstić information content (AvgIpc) is 3.36. The molecule has 5 atom stereocenters. The van der Waals surface area contributed by atoms with Gasteiger partial charge in [0.15, 0.2) is 0 Å². The summed E-state index contributed by atoms with van der Waals surface area (Å²) in [6, 6.07) is 15.6. The zero-order chi connectivity index (χ0) is 24.5. The molecule has 3 aliphatic rings. The van der Waals surface area contributed by atoms with E-state index in [-0.39, 0.29) is 36.3 Å². The van der Waals surface area contributed by atoms with E-state index in [0.29, 0.717) is 25.2 Å². The summed E-state index contributed by atoms with van der Waals surface area (Å²) in [6.07, 6.45) is 2.77. The minimum atomic E-state index is -0.745. The smallest absolute Gasteiger partial charge is 0.407 e. The van der Waals surface area contributed by atoms with Crippen LogP contribution in [0.2, 0.25) is 0 Å². The summed E-state index contributed by atoms with van der Waals surface area (Å²) < 4.78 is 5.63. The van der Waals surface area contributed by atoms with Gasteiger partial charge >= 0.3 is 12.1 Å². The zero-order valence-corrected chi connectivity index (χ0v) is 19.9. The Kier molecular flexibility index (Phi) is 6.50. The van der Waals surface area contributed by atoms with Gasteiger partial charge in [-0.25, -0.2) is 4.79 Å². The first-order valence-electron chi connectivity index (χ1n) is 12.6. The minimum absolute atomic E-state index is 0.0134. The van der Waals surface area contributed by atoms with E-state index < -0.39 is 18.1 Å². The van der Waals surface area contributed by atoms with E-state index in [1.165, 1.54) is 0 Å². The summed E-state index contributed by atoms with van der Waals surface area (Å²) in [4.78, 5) is 37.0. The maximum atomic E-state index is 13.0. The Morgan fingerprint density at radius 2 is 1.66 bits per heavy atom. The summed E-state index contributed by atoms with van der Waals surface area (Å²) in [5.41, 5.74) is 4.60. The molecule has 7 heteroatoms. The van der Waals surface area contributed by atoms with Crippen LogP contribution in [0.25, 0.3) is 11.1 Å². The van der Waals surface area contributed by atoms with Gasteiger partial charge in [-0.1, -0.05) is 61.9 Å². The monoisotopic (exact) mass is 476 g/mol. The minimum Gasteiger partial charge on any atom is -0.481 e. The molecule has 35 heavy (non-hydrogen) atoms. The number of amides is 2. The van der Waals surface area contributed by atoms with E-state index in [9.17, 15) is 19.5 Å². The molecule has 2 saturated carbocycles.